The average molecular weight is 331 g/mol. The number of esters is 2. The van der Waals surface area contributed by atoms with Crippen molar-refractivity contribution in [2.45, 2.75) is 0 Å². The molecule has 2 rings (SSSR count). The number of ether oxygens (including phenoxy) is 4. The zero-order chi connectivity index (χ0) is 17.7. The van der Waals surface area contributed by atoms with E-state index in [9.17, 15) is 9.59 Å². The van der Waals surface area contributed by atoms with E-state index in [-0.39, 0.29) is 11.4 Å². The second-order valence-electron chi connectivity index (χ2n) is 4.68. The number of nitrogens with zero attached hydrogens (tertiary/aromatic N) is 1. The topological polar surface area (TPSA) is 84.0 Å². The van der Waals surface area contributed by atoms with Crippen molar-refractivity contribution in [2.75, 3.05) is 28.4 Å². The Bertz CT molecular complexity index is 737. The van der Waals surface area contributed by atoms with Crippen LogP contribution in [0.3, 0.4) is 0 Å². The van der Waals surface area contributed by atoms with Gasteiger partial charge in [-0.05, 0) is 29.8 Å². The zero-order valence-electron chi connectivity index (χ0n) is 13.8. The Hall–Kier alpha value is -3.09. The van der Waals surface area contributed by atoms with Crippen molar-refractivity contribution < 1.29 is 28.5 Å². The van der Waals surface area contributed by atoms with Gasteiger partial charge in [-0.1, -0.05) is 0 Å². The molecule has 0 spiro atoms. The highest BCUT2D eigenvalue weighted by molar-refractivity contribution is 5.94. The van der Waals surface area contributed by atoms with Gasteiger partial charge in [0.2, 0.25) is 0 Å². The normalized spacial score (nSPS) is 10.0. The Balaban J connectivity index is 2.64. The van der Waals surface area contributed by atoms with Crippen LogP contribution in [0.15, 0.2) is 30.3 Å². The predicted molar refractivity (Wildman–Crippen MR) is 85.5 cm³/mol. The first-order valence-electron chi connectivity index (χ1n) is 6.95. The molecule has 0 aliphatic rings. The molecule has 0 atom stereocenters. The van der Waals surface area contributed by atoms with E-state index in [1.807, 2.05) is 0 Å². The fraction of sp³-hybridized carbons (Fsp3) is 0.235. The molecule has 1 aromatic carbocycles. The van der Waals surface area contributed by atoms with Gasteiger partial charge in [0.05, 0.1) is 28.4 Å². The fourth-order valence-electron chi connectivity index (χ4n) is 2.14. The summed E-state index contributed by atoms with van der Waals surface area (Å²) in [5, 5.41) is 0. The van der Waals surface area contributed by atoms with E-state index in [0.717, 1.165) is 0 Å². The van der Waals surface area contributed by atoms with E-state index >= 15 is 0 Å². The van der Waals surface area contributed by atoms with Gasteiger partial charge in [0.15, 0.2) is 0 Å². The summed E-state index contributed by atoms with van der Waals surface area (Å²) in [7, 11) is 5.54. The zero-order valence-corrected chi connectivity index (χ0v) is 13.8. The van der Waals surface area contributed by atoms with E-state index in [2.05, 4.69) is 14.5 Å². The number of methoxy groups -OCH3 is 4. The third-order valence-corrected chi connectivity index (χ3v) is 3.33. The van der Waals surface area contributed by atoms with Gasteiger partial charge in [-0.25, -0.2) is 14.6 Å². The van der Waals surface area contributed by atoms with Crippen LogP contribution in [-0.2, 0) is 9.47 Å². The van der Waals surface area contributed by atoms with E-state index in [4.69, 9.17) is 9.47 Å². The molecule has 0 saturated heterocycles. The van der Waals surface area contributed by atoms with Crippen molar-refractivity contribution in [3.05, 3.63) is 41.7 Å². The monoisotopic (exact) mass is 331 g/mol. The molecule has 0 bridgehead atoms. The molecule has 1 heterocycles. The van der Waals surface area contributed by atoms with Gasteiger partial charge in [0.1, 0.15) is 22.9 Å². The molecule has 2 aromatic rings. The van der Waals surface area contributed by atoms with Crippen molar-refractivity contribution in [1.82, 2.24) is 4.98 Å². The number of carbonyl (C=O) groups excluding carboxylic acids is 2. The molecule has 126 valence electrons. The number of benzene rings is 1. The van der Waals surface area contributed by atoms with Crippen LogP contribution in [0, 0.1) is 0 Å². The molecule has 0 saturated carbocycles. The summed E-state index contributed by atoms with van der Waals surface area (Å²) >= 11 is 0. The van der Waals surface area contributed by atoms with Crippen molar-refractivity contribution in [1.29, 1.82) is 0 Å². The number of pyridine rings is 1. The van der Waals surface area contributed by atoms with Crippen LogP contribution in [0.5, 0.6) is 11.5 Å². The van der Waals surface area contributed by atoms with E-state index in [1.54, 1.807) is 25.3 Å². The highest BCUT2D eigenvalue weighted by Gasteiger charge is 2.18. The third kappa shape index (κ3) is 3.45. The largest absolute Gasteiger partial charge is 0.497 e. The molecule has 0 radical (unpaired) electrons. The molecular formula is C17H17NO6. The number of aromatic nitrogens is 1. The van der Waals surface area contributed by atoms with Gasteiger partial charge in [0, 0.05) is 11.6 Å². The Morgan fingerprint density at radius 2 is 1.42 bits per heavy atom. The second kappa shape index (κ2) is 7.45. The Labute approximate surface area is 139 Å². The fourth-order valence-corrected chi connectivity index (χ4v) is 2.14. The highest BCUT2D eigenvalue weighted by Crippen LogP contribution is 2.34. The van der Waals surface area contributed by atoms with Crippen molar-refractivity contribution in [3.8, 4) is 22.6 Å². The van der Waals surface area contributed by atoms with Crippen LogP contribution in [0.25, 0.3) is 11.1 Å². The van der Waals surface area contributed by atoms with Gasteiger partial charge in [-0.15, -0.1) is 0 Å². The van der Waals surface area contributed by atoms with Crippen LogP contribution < -0.4 is 9.47 Å². The summed E-state index contributed by atoms with van der Waals surface area (Å²) < 4.78 is 19.9. The lowest BCUT2D eigenvalue weighted by Gasteiger charge is -2.12. The first kappa shape index (κ1) is 17.3. The van der Waals surface area contributed by atoms with Gasteiger partial charge in [0.25, 0.3) is 0 Å². The molecule has 7 heteroatoms. The first-order valence-corrected chi connectivity index (χ1v) is 6.95. The van der Waals surface area contributed by atoms with Crippen LogP contribution in [0.2, 0.25) is 0 Å². The van der Waals surface area contributed by atoms with Gasteiger partial charge in [-0.2, -0.15) is 0 Å². The molecule has 0 N–H and O–H groups in total. The minimum Gasteiger partial charge on any atom is -0.497 e. The van der Waals surface area contributed by atoms with Crippen LogP contribution in [0.4, 0.5) is 0 Å². The molecule has 0 amide bonds. The van der Waals surface area contributed by atoms with Crippen molar-refractivity contribution in [2.24, 2.45) is 0 Å². The van der Waals surface area contributed by atoms with E-state index in [0.29, 0.717) is 22.6 Å². The maximum Gasteiger partial charge on any atom is 0.356 e. The summed E-state index contributed by atoms with van der Waals surface area (Å²) in [6.07, 6.45) is 0. The van der Waals surface area contributed by atoms with Gasteiger partial charge >= 0.3 is 11.9 Å². The van der Waals surface area contributed by atoms with Crippen LogP contribution in [-0.4, -0.2) is 45.4 Å². The summed E-state index contributed by atoms with van der Waals surface area (Å²) in [5.41, 5.74) is 1.21. The maximum atomic E-state index is 11.8. The number of carbonyl (C=O) groups is 2. The Morgan fingerprint density at radius 1 is 0.833 bits per heavy atom. The number of rotatable bonds is 5. The second-order valence-corrected chi connectivity index (χ2v) is 4.68. The summed E-state index contributed by atoms with van der Waals surface area (Å²) in [5.74, 6) is -0.179. The number of hydrogen-bond donors (Lipinski definition) is 0. The SMILES string of the molecule is COC(=O)c1cc(-c2ccc(OC)cc2OC)cc(C(=O)OC)n1. The molecule has 0 fully saturated rings. The highest BCUT2D eigenvalue weighted by atomic mass is 16.5. The molecule has 0 aliphatic carbocycles. The summed E-state index contributed by atoms with van der Waals surface area (Å²) in [6.45, 7) is 0. The molecule has 24 heavy (non-hydrogen) atoms. The standard InChI is InChI=1S/C17H17NO6/c1-21-11-5-6-12(15(9-11)22-2)10-7-13(16(19)23-3)18-14(8-10)17(20)24-4/h5-9H,1-4H3. The molecule has 0 aliphatic heterocycles. The van der Waals surface area contributed by atoms with E-state index in [1.165, 1.54) is 33.5 Å². The molecule has 1 aromatic heterocycles. The van der Waals surface area contributed by atoms with Crippen molar-refractivity contribution >= 4 is 11.9 Å². The maximum absolute atomic E-state index is 11.8. The Kier molecular flexibility index (Phi) is 5.36. The first-order chi connectivity index (χ1) is 11.5. The lowest BCUT2D eigenvalue weighted by atomic mass is 10.0. The molecule has 0 unspecified atom stereocenters. The van der Waals surface area contributed by atoms with E-state index < -0.39 is 11.9 Å². The predicted octanol–water partition coefficient (Wildman–Crippen LogP) is 2.34. The Morgan fingerprint density at radius 3 is 1.88 bits per heavy atom. The minimum absolute atomic E-state index is 0.00623. The lowest BCUT2D eigenvalue weighted by Crippen LogP contribution is -2.11. The number of hydrogen-bond acceptors (Lipinski definition) is 7. The molecule has 7 nitrogen and oxygen atoms in total. The minimum atomic E-state index is -0.658. The van der Waals surface area contributed by atoms with Gasteiger partial charge in [-0.3, -0.25) is 0 Å². The average Bonchev–Trinajstić information content (AvgIpc) is 2.65. The smallest absolute Gasteiger partial charge is 0.356 e. The van der Waals surface area contributed by atoms with Crippen LogP contribution >= 0.6 is 0 Å². The lowest BCUT2D eigenvalue weighted by molar-refractivity contribution is 0.0586. The summed E-state index contributed by atoms with van der Waals surface area (Å²) in [4.78, 5) is 27.6. The van der Waals surface area contributed by atoms with Gasteiger partial charge < -0.3 is 18.9 Å². The van der Waals surface area contributed by atoms with Crippen molar-refractivity contribution in [3.63, 3.8) is 0 Å². The quantitative estimate of drug-likeness (QED) is 0.777. The molecular weight excluding hydrogens is 314 g/mol. The van der Waals surface area contributed by atoms with Crippen LogP contribution in [0.1, 0.15) is 21.0 Å². The summed E-state index contributed by atoms with van der Waals surface area (Å²) in [6, 6.07) is 8.24. The third-order valence-electron chi connectivity index (χ3n) is 3.33.